The van der Waals surface area contributed by atoms with Crippen molar-refractivity contribution >= 4 is 12.7 Å². The van der Waals surface area contributed by atoms with Gasteiger partial charge in [-0.05, 0) is 19.1 Å². The van der Waals surface area contributed by atoms with Crippen LogP contribution in [0.2, 0.25) is 0 Å². The molecule has 0 amide bonds. The van der Waals surface area contributed by atoms with E-state index in [2.05, 4.69) is 0 Å². The van der Waals surface area contributed by atoms with Crippen molar-refractivity contribution in [3.8, 4) is 6.07 Å². The van der Waals surface area contributed by atoms with Gasteiger partial charge in [0.1, 0.15) is 11.8 Å². The summed E-state index contributed by atoms with van der Waals surface area (Å²) in [6.07, 6.45) is 0.243. The molecule has 18 heavy (non-hydrogen) atoms. The zero-order valence-corrected chi connectivity index (χ0v) is 11.4. The maximum atomic E-state index is 12.9. The van der Waals surface area contributed by atoms with Gasteiger partial charge in [0.25, 0.3) is 7.37 Å². The molecule has 0 aliphatic rings. The first kappa shape index (κ1) is 14.5. The molecule has 0 heterocycles. The number of allylic oxidation sites excluding steroid dienone is 2. The summed E-state index contributed by atoms with van der Waals surface area (Å²) in [5.41, 5.74) is 0. The summed E-state index contributed by atoms with van der Waals surface area (Å²) in [5, 5.41) is 19.1. The quantitative estimate of drug-likeness (QED) is 0.503. The Balaban J connectivity index is 3.43. The van der Waals surface area contributed by atoms with E-state index < -0.39 is 7.37 Å². The van der Waals surface area contributed by atoms with Gasteiger partial charge in [-0.1, -0.05) is 25.1 Å². The lowest BCUT2D eigenvalue weighted by atomic mass is 10.4. The van der Waals surface area contributed by atoms with Crippen LogP contribution in [0.1, 0.15) is 20.3 Å². The minimum atomic E-state index is -3.49. The SMILES string of the molecule is CCOP(=O)(/C(C#N)=C(/O)CC)c1ccccc1. The maximum absolute atomic E-state index is 12.9. The molecule has 0 aliphatic heterocycles. The van der Waals surface area contributed by atoms with Crippen molar-refractivity contribution < 1.29 is 14.2 Å². The maximum Gasteiger partial charge on any atom is 0.274 e. The molecule has 1 unspecified atom stereocenters. The fourth-order valence-corrected chi connectivity index (χ4v) is 3.64. The summed E-state index contributed by atoms with van der Waals surface area (Å²) >= 11 is 0. The third kappa shape index (κ3) is 2.81. The van der Waals surface area contributed by atoms with Gasteiger partial charge in [0.05, 0.1) is 6.61 Å². The summed E-state index contributed by atoms with van der Waals surface area (Å²) in [7, 11) is -3.49. The van der Waals surface area contributed by atoms with Gasteiger partial charge in [-0.3, -0.25) is 4.57 Å². The van der Waals surface area contributed by atoms with Crippen molar-refractivity contribution in [2.45, 2.75) is 20.3 Å². The molecule has 96 valence electrons. The summed E-state index contributed by atoms with van der Waals surface area (Å²) in [6.45, 7) is 3.59. The molecule has 1 atom stereocenters. The monoisotopic (exact) mass is 265 g/mol. The lowest BCUT2D eigenvalue weighted by Gasteiger charge is -2.18. The highest BCUT2D eigenvalue weighted by molar-refractivity contribution is 7.71. The first-order valence-electron chi connectivity index (χ1n) is 5.73. The number of nitrogens with zero attached hydrogens (tertiary/aromatic N) is 1. The topological polar surface area (TPSA) is 70.3 Å². The molecule has 1 rings (SSSR count). The van der Waals surface area contributed by atoms with E-state index in [0.29, 0.717) is 5.30 Å². The molecule has 0 aliphatic carbocycles. The van der Waals surface area contributed by atoms with E-state index in [0.717, 1.165) is 0 Å². The number of aliphatic hydroxyl groups is 1. The van der Waals surface area contributed by atoms with Crippen LogP contribution in [0.3, 0.4) is 0 Å². The number of hydrogen-bond acceptors (Lipinski definition) is 4. The summed E-state index contributed by atoms with van der Waals surface area (Å²) in [6, 6.07) is 10.3. The van der Waals surface area contributed by atoms with Crippen LogP contribution in [0.15, 0.2) is 41.4 Å². The second-order valence-electron chi connectivity index (χ2n) is 3.57. The second-order valence-corrected chi connectivity index (χ2v) is 5.89. The molecule has 1 aromatic carbocycles. The molecule has 4 nitrogen and oxygen atoms in total. The zero-order valence-electron chi connectivity index (χ0n) is 10.5. The van der Waals surface area contributed by atoms with Crippen molar-refractivity contribution in [1.29, 1.82) is 5.26 Å². The summed E-state index contributed by atoms with van der Waals surface area (Å²) < 4.78 is 18.2. The molecule has 0 spiro atoms. The molecular formula is C13H16NO3P. The minimum absolute atomic E-state index is 0.168. The number of nitriles is 1. The highest BCUT2D eigenvalue weighted by Gasteiger charge is 2.33. The van der Waals surface area contributed by atoms with Gasteiger partial charge in [0.15, 0.2) is 5.31 Å². The smallest absolute Gasteiger partial charge is 0.274 e. The number of rotatable bonds is 5. The average molecular weight is 265 g/mol. The Bertz CT molecular complexity index is 517. The molecule has 0 bridgehead atoms. The molecule has 0 saturated heterocycles. The van der Waals surface area contributed by atoms with Crippen molar-refractivity contribution in [2.75, 3.05) is 6.61 Å². The molecule has 5 heteroatoms. The molecular weight excluding hydrogens is 249 g/mol. The van der Waals surface area contributed by atoms with Crippen molar-refractivity contribution in [3.05, 3.63) is 41.4 Å². The third-order valence-electron chi connectivity index (χ3n) is 2.42. The lowest BCUT2D eigenvalue weighted by molar-refractivity contribution is 0.341. The van der Waals surface area contributed by atoms with Crippen molar-refractivity contribution in [2.24, 2.45) is 0 Å². The van der Waals surface area contributed by atoms with Crippen LogP contribution in [0.4, 0.5) is 0 Å². The predicted octanol–water partition coefficient (Wildman–Crippen LogP) is 3.33. The second kappa shape index (κ2) is 6.39. The number of hydrogen-bond donors (Lipinski definition) is 1. The molecule has 0 radical (unpaired) electrons. The Morgan fingerprint density at radius 2 is 2.00 bits per heavy atom. The average Bonchev–Trinajstić information content (AvgIpc) is 2.40. The van der Waals surface area contributed by atoms with Crippen LogP contribution < -0.4 is 5.30 Å². The first-order chi connectivity index (χ1) is 8.60. The Morgan fingerprint density at radius 3 is 2.44 bits per heavy atom. The number of benzene rings is 1. The van der Waals surface area contributed by atoms with Crippen LogP contribution in [0, 0.1) is 11.3 Å². The van der Waals surface area contributed by atoms with Gasteiger partial charge in [-0.15, -0.1) is 0 Å². The molecule has 0 aromatic heterocycles. The van der Waals surface area contributed by atoms with Crippen LogP contribution in [-0.2, 0) is 9.09 Å². The fraction of sp³-hybridized carbons (Fsp3) is 0.308. The third-order valence-corrected chi connectivity index (χ3v) is 4.96. The van der Waals surface area contributed by atoms with E-state index in [1.165, 1.54) is 0 Å². The highest BCUT2D eigenvalue weighted by atomic mass is 31.2. The van der Waals surface area contributed by atoms with E-state index in [1.54, 1.807) is 44.2 Å². The molecule has 1 aromatic rings. The van der Waals surface area contributed by atoms with E-state index in [4.69, 9.17) is 9.79 Å². The van der Waals surface area contributed by atoms with Crippen molar-refractivity contribution in [3.63, 3.8) is 0 Å². The van der Waals surface area contributed by atoms with E-state index in [9.17, 15) is 9.67 Å². The van der Waals surface area contributed by atoms with Gasteiger partial charge >= 0.3 is 0 Å². The predicted molar refractivity (Wildman–Crippen MR) is 70.9 cm³/mol. The van der Waals surface area contributed by atoms with Gasteiger partial charge in [0.2, 0.25) is 0 Å². The highest BCUT2D eigenvalue weighted by Crippen LogP contribution is 2.54. The van der Waals surface area contributed by atoms with Crippen LogP contribution in [0.5, 0.6) is 0 Å². The Morgan fingerprint density at radius 1 is 1.39 bits per heavy atom. The largest absolute Gasteiger partial charge is 0.511 e. The van der Waals surface area contributed by atoms with E-state index in [1.807, 2.05) is 6.07 Å². The Hall–Kier alpha value is -1.56. The normalized spacial score (nSPS) is 15.4. The van der Waals surface area contributed by atoms with Gasteiger partial charge in [-0.2, -0.15) is 5.26 Å². The Labute approximate surface area is 107 Å². The first-order valence-corrected chi connectivity index (χ1v) is 7.35. The summed E-state index contributed by atoms with van der Waals surface area (Å²) in [5.74, 6) is -0.182. The van der Waals surface area contributed by atoms with Crippen LogP contribution in [-0.4, -0.2) is 11.7 Å². The molecule has 0 saturated carbocycles. The summed E-state index contributed by atoms with van der Waals surface area (Å²) in [4.78, 5) is 0. The molecule has 1 N–H and O–H groups in total. The number of aliphatic hydroxyl groups excluding tert-OH is 1. The van der Waals surface area contributed by atoms with Gasteiger partial charge in [-0.25, -0.2) is 0 Å². The van der Waals surface area contributed by atoms with Crippen molar-refractivity contribution in [1.82, 2.24) is 0 Å². The standard InChI is InChI=1S/C13H16NO3P/c1-3-12(15)13(10-14)18(16,17-4-2)11-8-6-5-7-9-11/h5-9,15H,3-4H2,1-2H3/b13-12+. The minimum Gasteiger partial charge on any atom is -0.511 e. The van der Waals surface area contributed by atoms with Gasteiger partial charge < -0.3 is 9.63 Å². The molecule has 0 fully saturated rings. The zero-order chi connectivity index (χ0) is 13.6. The lowest BCUT2D eigenvalue weighted by Crippen LogP contribution is -2.10. The Kier molecular flexibility index (Phi) is 5.15. The van der Waals surface area contributed by atoms with E-state index in [-0.39, 0.29) is 24.1 Å². The van der Waals surface area contributed by atoms with Gasteiger partial charge in [0, 0.05) is 11.7 Å². The van der Waals surface area contributed by atoms with Crippen LogP contribution >= 0.6 is 7.37 Å². The van der Waals surface area contributed by atoms with Crippen LogP contribution in [0.25, 0.3) is 0 Å². The van der Waals surface area contributed by atoms with E-state index >= 15 is 0 Å². The fourth-order valence-electron chi connectivity index (χ4n) is 1.54.